The van der Waals surface area contributed by atoms with E-state index < -0.39 is 21.8 Å². The molecule has 0 atom stereocenters. The third kappa shape index (κ3) is 5.53. The number of hydrogen-bond acceptors (Lipinski definition) is 4. The lowest BCUT2D eigenvalue weighted by atomic mass is 10.2. The van der Waals surface area contributed by atoms with Crippen molar-refractivity contribution in [1.82, 2.24) is 10.0 Å². The molecule has 1 aliphatic carbocycles. The summed E-state index contributed by atoms with van der Waals surface area (Å²) in [6, 6.07) is 12.2. The van der Waals surface area contributed by atoms with Gasteiger partial charge in [0.1, 0.15) is 0 Å². The zero-order chi connectivity index (χ0) is 19.4. The Morgan fingerprint density at radius 2 is 1.78 bits per heavy atom. The van der Waals surface area contributed by atoms with Crippen LogP contribution >= 0.6 is 11.6 Å². The summed E-state index contributed by atoms with van der Waals surface area (Å²) in [7, 11) is -3.60. The number of hydrogen-bond donors (Lipinski definition) is 3. The number of halogens is 1. The minimum absolute atomic E-state index is 0.00340. The van der Waals surface area contributed by atoms with Gasteiger partial charge < -0.3 is 10.6 Å². The van der Waals surface area contributed by atoms with E-state index in [1.165, 1.54) is 12.1 Å². The topological polar surface area (TPSA) is 104 Å². The number of amides is 2. The lowest BCUT2D eigenvalue weighted by Crippen LogP contribution is -2.32. The van der Waals surface area contributed by atoms with Crippen molar-refractivity contribution >= 4 is 39.1 Å². The predicted octanol–water partition coefficient (Wildman–Crippen LogP) is 2.15. The van der Waals surface area contributed by atoms with Crippen LogP contribution in [-0.2, 0) is 14.8 Å². The van der Waals surface area contributed by atoms with E-state index in [1.54, 1.807) is 36.4 Å². The van der Waals surface area contributed by atoms with Gasteiger partial charge in [0.25, 0.3) is 5.91 Å². The summed E-state index contributed by atoms with van der Waals surface area (Å²) in [6.07, 6.45) is 1.67. The second kappa shape index (κ2) is 8.08. The van der Waals surface area contributed by atoms with E-state index in [0.717, 1.165) is 12.8 Å². The Morgan fingerprint density at radius 1 is 1.07 bits per heavy atom. The van der Waals surface area contributed by atoms with Crippen molar-refractivity contribution in [2.75, 3.05) is 11.9 Å². The van der Waals surface area contributed by atoms with Crippen molar-refractivity contribution in [2.45, 2.75) is 23.8 Å². The predicted molar refractivity (Wildman–Crippen MR) is 102 cm³/mol. The number of sulfonamides is 1. The fraction of sp³-hybridized carbons (Fsp3) is 0.222. The summed E-state index contributed by atoms with van der Waals surface area (Å²) in [5, 5.41) is 5.57. The van der Waals surface area contributed by atoms with Crippen molar-refractivity contribution in [3.8, 4) is 0 Å². The number of benzene rings is 2. The minimum atomic E-state index is -3.60. The molecule has 0 spiro atoms. The Morgan fingerprint density at radius 3 is 2.44 bits per heavy atom. The summed E-state index contributed by atoms with van der Waals surface area (Å²) in [4.78, 5) is 24.1. The number of carbonyl (C=O) groups is 2. The molecule has 0 radical (unpaired) electrons. The zero-order valence-electron chi connectivity index (χ0n) is 14.2. The second-order valence-electron chi connectivity index (χ2n) is 6.16. The molecule has 3 N–H and O–H groups in total. The van der Waals surface area contributed by atoms with Gasteiger partial charge >= 0.3 is 0 Å². The fourth-order valence-electron chi connectivity index (χ4n) is 2.30. The standard InChI is InChI=1S/C18H18ClN3O4S/c19-13-6-4-12(5-7-13)18(24)20-11-17(23)21-15-2-1-3-16(10-15)27(25,26)22-14-8-9-14/h1-7,10,14,22H,8-9,11H2,(H,20,24)(H,21,23). The molecule has 7 nitrogen and oxygen atoms in total. The number of anilines is 1. The molecule has 2 amide bonds. The highest BCUT2D eigenvalue weighted by molar-refractivity contribution is 7.89. The SMILES string of the molecule is O=C(CNC(=O)c1ccc(Cl)cc1)Nc1cccc(S(=O)(=O)NC2CC2)c1. The molecule has 0 bridgehead atoms. The van der Waals surface area contributed by atoms with Crippen LogP contribution in [-0.4, -0.2) is 32.8 Å². The lowest BCUT2D eigenvalue weighted by molar-refractivity contribution is -0.115. The summed E-state index contributed by atoms with van der Waals surface area (Å²) >= 11 is 5.77. The van der Waals surface area contributed by atoms with Gasteiger partial charge in [0, 0.05) is 22.3 Å². The Hall–Kier alpha value is -2.42. The van der Waals surface area contributed by atoms with Crippen LogP contribution in [0.15, 0.2) is 53.4 Å². The molecular weight excluding hydrogens is 390 g/mol. The van der Waals surface area contributed by atoms with Gasteiger partial charge in [-0.2, -0.15) is 0 Å². The van der Waals surface area contributed by atoms with Crippen molar-refractivity contribution in [3.05, 3.63) is 59.1 Å². The molecule has 9 heteroatoms. The average Bonchev–Trinajstić information content (AvgIpc) is 3.44. The number of carbonyl (C=O) groups excluding carboxylic acids is 2. The van der Waals surface area contributed by atoms with Gasteiger partial charge in [0.2, 0.25) is 15.9 Å². The summed E-state index contributed by atoms with van der Waals surface area (Å²) in [6.45, 7) is -0.251. The molecule has 1 saturated carbocycles. The van der Waals surface area contributed by atoms with E-state index in [4.69, 9.17) is 11.6 Å². The maximum atomic E-state index is 12.2. The van der Waals surface area contributed by atoms with Gasteiger partial charge in [-0.1, -0.05) is 17.7 Å². The maximum Gasteiger partial charge on any atom is 0.251 e. The summed E-state index contributed by atoms with van der Waals surface area (Å²) < 4.78 is 27.0. The van der Waals surface area contributed by atoms with Crippen molar-refractivity contribution in [2.24, 2.45) is 0 Å². The first-order chi connectivity index (χ1) is 12.8. The molecule has 142 valence electrons. The van der Waals surface area contributed by atoms with E-state index in [0.29, 0.717) is 16.3 Å². The van der Waals surface area contributed by atoms with E-state index in [1.807, 2.05) is 0 Å². The average molecular weight is 408 g/mol. The van der Waals surface area contributed by atoms with Crippen molar-refractivity contribution < 1.29 is 18.0 Å². The Balaban J connectivity index is 1.57. The van der Waals surface area contributed by atoms with Crippen LogP contribution in [0.2, 0.25) is 5.02 Å². The van der Waals surface area contributed by atoms with Crippen LogP contribution in [0.3, 0.4) is 0 Å². The monoisotopic (exact) mass is 407 g/mol. The van der Waals surface area contributed by atoms with E-state index >= 15 is 0 Å². The highest BCUT2D eigenvalue weighted by Gasteiger charge is 2.28. The number of rotatable bonds is 7. The third-order valence-corrected chi connectivity index (χ3v) is 5.61. The van der Waals surface area contributed by atoms with E-state index in [9.17, 15) is 18.0 Å². The molecule has 0 heterocycles. The van der Waals surface area contributed by atoms with Crippen LogP contribution in [0.4, 0.5) is 5.69 Å². The molecular formula is C18H18ClN3O4S. The summed E-state index contributed by atoms with van der Waals surface area (Å²) in [5.41, 5.74) is 0.714. The minimum Gasteiger partial charge on any atom is -0.343 e. The molecule has 27 heavy (non-hydrogen) atoms. The quantitative estimate of drug-likeness (QED) is 0.654. The van der Waals surface area contributed by atoms with Gasteiger partial charge in [-0.3, -0.25) is 9.59 Å². The second-order valence-corrected chi connectivity index (χ2v) is 8.31. The van der Waals surface area contributed by atoms with Gasteiger partial charge in [-0.15, -0.1) is 0 Å². The van der Waals surface area contributed by atoms with Crippen LogP contribution in [0.25, 0.3) is 0 Å². The normalized spacial score (nSPS) is 13.8. The van der Waals surface area contributed by atoms with Gasteiger partial charge in [0.05, 0.1) is 11.4 Å². The van der Waals surface area contributed by atoms with E-state index in [-0.39, 0.29) is 17.5 Å². The number of nitrogens with one attached hydrogen (secondary N) is 3. The van der Waals surface area contributed by atoms with E-state index in [2.05, 4.69) is 15.4 Å². The third-order valence-electron chi connectivity index (χ3n) is 3.84. The molecule has 0 unspecified atom stereocenters. The molecule has 0 aliphatic heterocycles. The van der Waals surface area contributed by atoms with Gasteiger partial charge in [-0.05, 0) is 55.3 Å². The Kier molecular flexibility index (Phi) is 5.79. The Labute approximate surface area is 162 Å². The highest BCUT2D eigenvalue weighted by atomic mass is 35.5. The smallest absolute Gasteiger partial charge is 0.251 e. The fourth-order valence-corrected chi connectivity index (χ4v) is 3.78. The molecule has 0 aromatic heterocycles. The van der Waals surface area contributed by atoms with Crippen molar-refractivity contribution in [3.63, 3.8) is 0 Å². The van der Waals surface area contributed by atoms with Gasteiger partial charge in [0.15, 0.2) is 0 Å². The maximum absolute atomic E-state index is 12.2. The first kappa shape index (κ1) is 19.3. The lowest BCUT2D eigenvalue weighted by Gasteiger charge is -2.10. The molecule has 3 rings (SSSR count). The van der Waals surface area contributed by atoms with Gasteiger partial charge in [-0.25, -0.2) is 13.1 Å². The molecule has 0 saturated heterocycles. The van der Waals surface area contributed by atoms with Crippen molar-refractivity contribution in [1.29, 1.82) is 0 Å². The van der Waals surface area contributed by atoms with Crippen LogP contribution in [0.1, 0.15) is 23.2 Å². The van der Waals surface area contributed by atoms with Crippen LogP contribution in [0.5, 0.6) is 0 Å². The highest BCUT2D eigenvalue weighted by Crippen LogP contribution is 2.23. The first-order valence-corrected chi connectivity index (χ1v) is 10.2. The molecule has 2 aromatic rings. The largest absolute Gasteiger partial charge is 0.343 e. The zero-order valence-corrected chi connectivity index (χ0v) is 15.8. The van der Waals surface area contributed by atoms with Crippen LogP contribution in [0, 0.1) is 0 Å². The summed E-state index contributed by atoms with van der Waals surface area (Å²) in [5.74, 6) is -0.881. The molecule has 1 fully saturated rings. The first-order valence-electron chi connectivity index (χ1n) is 8.29. The molecule has 1 aliphatic rings. The molecule has 2 aromatic carbocycles. The van der Waals surface area contributed by atoms with Crippen LogP contribution < -0.4 is 15.4 Å². The Bertz CT molecular complexity index is 957.